The van der Waals surface area contributed by atoms with E-state index in [4.69, 9.17) is 4.74 Å². The van der Waals surface area contributed by atoms with Gasteiger partial charge in [0.25, 0.3) is 10.0 Å². The number of aliphatic imine (C=N–C) groups is 1. The monoisotopic (exact) mass is 538 g/mol. The van der Waals surface area contributed by atoms with Gasteiger partial charge in [-0.1, -0.05) is 12.1 Å². The van der Waals surface area contributed by atoms with E-state index in [1.165, 1.54) is 29.7 Å². The molecular weight excluding hydrogens is 511 g/mol. The minimum absolute atomic E-state index is 0. The van der Waals surface area contributed by atoms with Gasteiger partial charge in [0, 0.05) is 38.1 Å². The van der Waals surface area contributed by atoms with Gasteiger partial charge in [-0.25, -0.2) is 12.7 Å². The van der Waals surface area contributed by atoms with Crippen LogP contribution in [0.1, 0.15) is 16.0 Å². The fourth-order valence-electron chi connectivity index (χ4n) is 2.34. The van der Waals surface area contributed by atoms with E-state index < -0.39 is 10.0 Å². The van der Waals surface area contributed by atoms with Crippen LogP contribution in [0.5, 0.6) is 5.75 Å². The number of nitrogens with zero attached hydrogens (tertiary/aromatic N) is 2. The zero-order valence-electron chi connectivity index (χ0n) is 16.6. The predicted octanol–water partition coefficient (Wildman–Crippen LogP) is 2.80. The molecule has 2 rings (SSSR count). The first kappa shape index (κ1) is 24.7. The van der Waals surface area contributed by atoms with Gasteiger partial charge in [-0.05, 0) is 30.7 Å². The van der Waals surface area contributed by atoms with Gasteiger partial charge in [0.2, 0.25) is 0 Å². The fourth-order valence-corrected chi connectivity index (χ4v) is 4.80. The summed E-state index contributed by atoms with van der Waals surface area (Å²) >= 11 is 1.25. The lowest BCUT2D eigenvalue weighted by Crippen LogP contribution is -2.36. The molecule has 1 heterocycles. The molecule has 1 aromatic carbocycles. The van der Waals surface area contributed by atoms with Crippen LogP contribution in [0.4, 0.5) is 0 Å². The first-order valence-corrected chi connectivity index (χ1v) is 10.6. The molecule has 0 amide bonds. The van der Waals surface area contributed by atoms with Crippen molar-refractivity contribution in [3.63, 3.8) is 0 Å². The third-order valence-electron chi connectivity index (χ3n) is 3.91. The average molecular weight is 538 g/mol. The number of guanidine groups is 1. The maximum Gasteiger partial charge on any atom is 0.252 e. The zero-order valence-corrected chi connectivity index (χ0v) is 20.6. The number of sulfonamides is 1. The van der Waals surface area contributed by atoms with Crippen molar-refractivity contribution in [1.82, 2.24) is 14.9 Å². The second-order valence-electron chi connectivity index (χ2n) is 6.10. The van der Waals surface area contributed by atoms with Gasteiger partial charge in [0.1, 0.15) is 9.96 Å². The summed E-state index contributed by atoms with van der Waals surface area (Å²) in [5.41, 5.74) is 2.17. The van der Waals surface area contributed by atoms with Crippen LogP contribution >= 0.6 is 35.3 Å². The smallest absolute Gasteiger partial charge is 0.252 e. The van der Waals surface area contributed by atoms with E-state index in [1.54, 1.807) is 20.2 Å². The van der Waals surface area contributed by atoms with Crippen LogP contribution in [0, 0.1) is 6.92 Å². The van der Waals surface area contributed by atoms with Crippen LogP contribution < -0.4 is 15.4 Å². The zero-order chi connectivity index (χ0) is 20.0. The van der Waals surface area contributed by atoms with Crippen LogP contribution in [-0.2, 0) is 23.1 Å². The average Bonchev–Trinajstić information content (AvgIpc) is 3.12. The third kappa shape index (κ3) is 6.33. The Morgan fingerprint density at radius 3 is 2.46 bits per heavy atom. The Morgan fingerprint density at radius 2 is 1.86 bits per heavy atom. The largest absolute Gasteiger partial charge is 0.496 e. The summed E-state index contributed by atoms with van der Waals surface area (Å²) in [6.07, 6.45) is 0. The van der Waals surface area contributed by atoms with Crippen molar-refractivity contribution in [2.75, 3.05) is 28.3 Å². The van der Waals surface area contributed by atoms with Gasteiger partial charge >= 0.3 is 0 Å². The molecule has 0 spiro atoms. The normalized spacial score (nSPS) is 11.9. The Kier molecular flexibility index (Phi) is 9.67. The van der Waals surface area contributed by atoms with Crippen LogP contribution in [0.25, 0.3) is 0 Å². The molecule has 0 saturated heterocycles. The molecule has 0 atom stereocenters. The van der Waals surface area contributed by atoms with E-state index in [9.17, 15) is 8.42 Å². The summed E-state index contributed by atoms with van der Waals surface area (Å²) in [4.78, 5) is 5.12. The number of hydrogen-bond donors (Lipinski definition) is 2. The lowest BCUT2D eigenvalue weighted by atomic mass is 10.1. The molecule has 0 bridgehead atoms. The van der Waals surface area contributed by atoms with Gasteiger partial charge in [-0.2, -0.15) is 0 Å². The SMILES string of the molecule is CN=C(NCc1ccc(S(=O)(=O)N(C)C)s1)NCc1ccc(C)cc1OC.I. The molecule has 0 unspecified atom stereocenters. The predicted molar refractivity (Wildman–Crippen MR) is 125 cm³/mol. The molecule has 1 aromatic heterocycles. The van der Waals surface area contributed by atoms with Gasteiger partial charge in [-0.15, -0.1) is 35.3 Å². The number of benzene rings is 1. The van der Waals surface area contributed by atoms with Gasteiger partial charge in [-0.3, -0.25) is 4.99 Å². The van der Waals surface area contributed by atoms with Crippen molar-refractivity contribution in [1.29, 1.82) is 0 Å². The Hall–Kier alpha value is -1.37. The topological polar surface area (TPSA) is 83.0 Å². The third-order valence-corrected chi connectivity index (χ3v) is 7.28. The van der Waals surface area contributed by atoms with Crippen LogP contribution in [-0.4, -0.2) is 46.9 Å². The van der Waals surface area contributed by atoms with Crippen molar-refractivity contribution in [2.24, 2.45) is 4.99 Å². The summed E-state index contributed by atoms with van der Waals surface area (Å²) in [5, 5.41) is 6.44. The minimum atomic E-state index is -3.39. The Bertz CT molecular complexity index is 911. The summed E-state index contributed by atoms with van der Waals surface area (Å²) < 4.78 is 31.3. The number of halogens is 1. The number of nitrogens with one attached hydrogen (secondary N) is 2. The maximum absolute atomic E-state index is 12.2. The number of thiophene rings is 1. The standard InChI is InChI=1S/C18H26N4O3S2.HI/c1-13-6-7-14(16(10-13)25-5)11-20-18(19-2)21-12-15-8-9-17(26-15)27(23,24)22(3)4;/h6-10H,11-12H2,1-5H3,(H2,19,20,21);1H. The molecule has 2 N–H and O–H groups in total. The molecule has 28 heavy (non-hydrogen) atoms. The molecule has 156 valence electrons. The van der Waals surface area contributed by atoms with E-state index in [-0.39, 0.29) is 24.0 Å². The van der Waals surface area contributed by atoms with E-state index in [1.807, 2.05) is 31.2 Å². The van der Waals surface area contributed by atoms with E-state index in [0.29, 0.717) is 23.3 Å². The molecule has 0 radical (unpaired) electrons. The second kappa shape index (κ2) is 11.0. The van der Waals surface area contributed by atoms with E-state index in [2.05, 4.69) is 15.6 Å². The number of rotatable bonds is 7. The van der Waals surface area contributed by atoms with Crippen molar-refractivity contribution in [2.45, 2.75) is 24.2 Å². The van der Waals surface area contributed by atoms with E-state index in [0.717, 1.165) is 21.8 Å². The molecule has 2 aromatic rings. The summed E-state index contributed by atoms with van der Waals surface area (Å²) in [6, 6.07) is 9.49. The molecular formula is C18H27IN4O3S2. The second-order valence-corrected chi connectivity index (χ2v) is 9.65. The molecule has 7 nitrogen and oxygen atoms in total. The van der Waals surface area contributed by atoms with Crippen molar-refractivity contribution in [3.05, 3.63) is 46.3 Å². The van der Waals surface area contributed by atoms with E-state index >= 15 is 0 Å². The number of hydrogen-bond acceptors (Lipinski definition) is 5. The molecule has 0 aliphatic carbocycles. The molecule has 0 saturated carbocycles. The van der Waals surface area contributed by atoms with Crippen molar-refractivity contribution < 1.29 is 13.2 Å². The van der Waals surface area contributed by atoms with Gasteiger partial charge < -0.3 is 15.4 Å². The van der Waals surface area contributed by atoms with Crippen LogP contribution in [0.2, 0.25) is 0 Å². The minimum Gasteiger partial charge on any atom is -0.496 e. The summed E-state index contributed by atoms with van der Waals surface area (Å²) in [6.45, 7) is 3.07. The maximum atomic E-state index is 12.2. The highest BCUT2D eigenvalue weighted by molar-refractivity contribution is 14.0. The Morgan fingerprint density at radius 1 is 1.18 bits per heavy atom. The highest BCUT2D eigenvalue weighted by Crippen LogP contribution is 2.23. The summed E-state index contributed by atoms with van der Waals surface area (Å²) in [5.74, 6) is 1.46. The molecule has 0 fully saturated rings. The van der Waals surface area contributed by atoms with Crippen molar-refractivity contribution in [3.8, 4) is 5.75 Å². The van der Waals surface area contributed by atoms with Crippen molar-refractivity contribution >= 4 is 51.3 Å². The highest BCUT2D eigenvalue weighted by atomic mass is 127. The molecule has 0 aliphatic rings. The lowest BCUT2D eigenvalue weighted by Gasteiger charge is -2.14. The quantitative estimate of drug-likeness (QED) is 0.322. The summed E-state index contributed by atoms with van der Waals surface area (Å²) in [7, 11) is 3.01. The molecule has 10 heteroatoms. The van der Waals surface area contributed by atoms with Crippen LogP contribution in [0.3, 0.4) is 0 Å². The fraction of sp³-hybridized carbons (Fsp3) is 0.389. The first-order valence-electron chi connectivity index (χ1n) is 8.37. The van der Waals surface area contributed by atoms with Crippen LogP contribution in [0.15, 0.2) is 39.5 Å². The lowest BCUT2D eigenvalue weighted by molar-refractivity contribution is 0.408. The Labute approximate surface area is 188 Å². The number of ether oxygens (including phenoxy) is 1. The first-order chi connectivity index (χ1) is 12.8. The van der Waals surface area contributed by atoms with Gasteiger partial charge in [0.05, 0.1) is 13.7 Å². The highest BCUT2D eigenvalue weighted by Gasteiger charge is 2.19. The number of methoxy groups -OCH3 is 1. The number of aryl methyl sites for hydroxylation is 1. The Balaban J connectivity index is 0.00000392. The van der Waals surface area contributed by atoms with Gasteiger partial charge in [0.15, 0.2) is 5.96 Å². The molecule has 0 aliphatic heterocycles.